The van der Waals surface area contributed by atoms with E-state index in [-0.39, 0.29) is 17.4 Å². The van der Waals surface area contributed by atoms with Crippen molar-refractivity contribution in [3.05, 3.63) is 30.1 Å². The number of anilines is 4. The highest BCUT2D eigenvalue weighted by atomic mass is 19.1. The number of nitrogen functional groups attached to an aromatic ring is 1. The zero-order valence-corrected chi connectivity index (χ0v) is 10.0. The number of benzene rings is 1. The molecule has 1 aliphatic rings. The number of rotatable bonds is 1. The normalized spacial score (nSPS) is 12.8. The Kier molecular flexibility index (Phi) is 2.31. The van der Waals surface area contributed by atoms with Gasteiger partial charge in [0.05, 0.1) is 0 Å². The topological polar surface area (TPSA) is 88.2 Å². The van der Waals surface area contributed by atoms with Crippen molar-refractivity contribution in [2.75, 3.05) is 21.7 Å². The Hall–Kier alpha value is -2.77. The SMILES string of the molecule is CC(=O)n1nc(N)c2c1NN(c1ccccc1F)N2. The fraction of sp³-hybridized carbons (Fsp3) is 0.0909. The molecule has 19 heavy (non-hydrogen) atoms. The first-order valence-corrected chi connectivity index (χ1v) is 5.55. The van der Waals surface area contributed by atoms with Gasteiger partial charge in [0.15, 0.2) is 17.5 Å². The van der Waals surface area contributed by atoms with Gasteiger partial charge in [0, 0.05) is 6.92 Å². The Balaban J connectivity index is 1.99. The van der Waals surface area contributed by atoms with Crippen molar-refractivity contribution in [2.24, 2.45) is 0 Å². The number of halogens is 1. The number of para-hydroxylation sites is 1. The highest BCUT2D eigenvalue weighted by Crippen LogP contribution is 2.36. The second kappa shape index (κ2) is 3.87. The molecule has 0 radical (unpaired) electrons. The molecule has 0 saturated carbocycles. The lowest BCUT2D eigenvalue weighted by molar-refractivity contribution is 0.0924. The Morgan fingerprint density at radius 3 is 2.79 bits per heavy atom. The molecular weight excluding hydrogens is 251 g/mol. The molecule has 0 unspecified atom stereocenters. The molecule has 0 amide bonds. The summed E-state index contributed by atoms with van der Waals surface area (Å²) in [4.78, 5) is 11.4. The van der Waals surface area contributed by atoms with Gasteiger partial charge in [0.2, 0.25) is 5.91 Å². The summed E-state index contributed by atoms with van der Waals surface area (Å²) in [5.41, 5.74) is 12.1. The molecule has 2 aromatic rings. The van der Waals surface area contributed by atoms with Crippen molar-refractivity contribution in [3.63, 3.8) is 0 Å². The van der Waals surface area contributed by atoms with Crippen LogP contribution in [-0.2, 0) is 0 Å². The highest BCUT2D eigenvalue weighted by molar-refractivity contribution is 5.91. The number of carbonyl (C=O) groups excluding carboxylic acids is 1. The van der Waals surface area contributed by atoms with Crippen molar-refractivity contribution < 1.29 is 9.18 Å². The molecule has 1 aromatic heterocycles. The van der Waals surface area contributed by atoms with E-state index in [2.05, 4.69) is 16.0 Å². The van der Waals surface area contributed by atoms with Crippen LogP contribution in [0.15, 0.2) is 24.3 Å². The summed E-state index contributed by atoms with van der Waals surface area (Å²) in [6.45, 7) is 1.36. The summed E-state index contributed by atoms with van der Waals surface area (Å²) in [6, 6.07) is 6.21. The van der Waals surface area contributed by atoms with Gasteiger partial charge >= 0.3 is 0 Å². The van der Waals surface area contributed by atoms with Gasteiger partial charge in [-0.15, -0.1) is 5.10 Å². The van der Waals surface area contributed by atoms with Gasteiger partial charge in [-0.25, -0.2) is 4.39 Å². The molecule has 4 N–H and O–H groups in total. The van der Waals surface area contributed by atoms with Crippen molar-refractivity contribution in [2.45, 2.75) is 6.92 Å². The summed E-state index contributed by atoms with van der Waals surface area (Å²) >= 11 is 0. The summed E-state index contributed by atoms with van der Waals surface area (Å²) in [7, 11) is 0. The predicted octanol–water partition coefficient (Wildman–Crippen LogP) is 1.44. The minimum absolute atomic E-state index is 0.163. The van der Waals surface area contributed by atoms with Crippen molar-refractivity contribution in [1.82, 2.24) is 9.78 Å². The van der Waals surface area contributed by atoms with E-state index in [1.54, 1.807) is 18.2 Å². The van der Waals surface area contributed by atoms with Crippen LogP contribution in [0.5, 0.6) is 0 Å². The van der Waals surface area contributed by atoms with Crippen LogP contribution in [0, 0.1) is 5.82 Å². The minimum Gasteiger partial charge on any atom is -0.380 e. The first-order chi connectivity index (χ1) is 9.08. The smallest absolute Gasteiger partial charge is 0.245 e. The molecule has 7 nitrogen and oxygen atoms in total. The lowest BCUT2D eigenvalue weighted by Gasteiger charge is -2.19. The van der Waals surface area contributed by atoms with Crippen LogP contribution in [0.3, 0.4) is 0 Å². The van der Waals surface area contributed by atoms with Crippen LogP contribution in [-0.4, -0.2) is 15.7 Å². The second-order valence-corrected chi connectivity index (χ2v) is 4.05. The lowest BCUT2D eigenvalue weighted by Crippen LogP contribution is -2.32. The Morgan fingerprint density at radius 1 is 1.37 bits per heavy atom. The number of nitrogens with one attached hydrogen (secondary N) is 2. The summed E-state index contributed by atoms with van der Waals surface area (Å²) in [6.07, 6.45) is 0. The number of fused-ring (bicyclic) bond motifs is 1. The van der Waals surface area contributed by atoms with E-state index in [0.29, 0.717) is 11.5 Å². The molecule has 98 valence electrons. The molecule has 0 bridgehead atoms. The molecular formula is C11H11FN6O. The van der Waals surface area contributed by atoms with E-state index in [1.807, 2.05) is 0 Å². The molecule has 0 saturated heterocycles. The number of carbonyl (C=O) groups is 1. The van der Waals surface area contributed by atoms with Crippen LogP contribution < -0.4 is 21.7 Å². The van der Waals surface area contributed by atoms with Crippen LogP contribution in [0.2, 0.25) is 0 Å². The average molecular weight is 262 g/mol. The molecule has 2 heterocycles. The van der Waals surface area contributed by atoms with Crippen LogP contribution in [0.25, 0.3) is 0 Å². The van der Waals surface area contributed by atoms with Crippen molar-refractivity contribution in [3.8, 4) is 0 Å². The van der Waals surface area contributed by atoms with Gasteiger partial charge in [-0.3, -0.25) is 15.6 Å². The largest absolute Gasteiger partial charge is 0.380 e. The lowest BCUT2D eigenvalue weighted by atomic mass is 10.3. The number of hydrazine groups is 2. The number of hydrogen-bond donors (Lipinski definition) is 3. The summed E-state index contributed by atoms with van der Waals surface area (Å²) in [5.74, 6) is -0.156. The third kappa shape index (κ3) is 1.65. The van der Waals surface area contributed by atoms with Crippen molar-refractivity contribution in [1.29, 1.82) is 0 Å². The third-order valence-electron chi connectivity index (χ3n) is 2.75. The third-order valence-corrected chi connectivity index (χ3v) is 2.75. The van der Waals surface area contributed by atoms with Crippen LogP contribution in [0.1, 0.15) is 11.7 Å². The molecule has 0 spiro atoms. The van der Waals surface area contributed by atoms with Gasteiger partial charge in [-0.2, -0.15) is 9.80 Å². The van der Waals surface area contributed by atoms with E-state index < -0.39 is 5.82 Å². The number of nitrogens with zero attached hydrogens (tertiary/aromatic N) is 3. The monoisotopic (exact) mass is 262 g/mol. The van der Waals surface area contributed by atoms with Gasteiger partial charge in [-0.1, -0.05) is 12.1 Å². The van der Waals surface area contributed by atoms with Crippen LogP contribution in [0.4, 0.5) is 27.4 Å². The number of hydrogen-bond acceptors (Lipinski definition) is 6. The van der Waals surface area contributed by atoms with E-state index in [9.17, 15) is 9.18 Å². The van der Waals surface area contributed by atoms with E-state index in [4.69, 9.17) is 5.73 Å². The van der Waals surface area contributed by atoms with Gasteiger partial charge in [-0.05, 0) is 12.1 Å². The summed E-state index contributed by atoms with van der Waals surface area (Å²) < 4.78 is 14.8. The number of aromatic nitrogens is 2. The molecule has 1 aromatic carbocycles. The van der Waals surface area contributed by atoms with Gasteiger partial charge < -0.3 is 5.73 Å². The molecule has 8 heteroatoms. The standard InChI is InChI=1S/C11H11FN6O/c1-6(19)17-11-9(10(13)15-17)14-18(16-11)8-5-3-2-4-7(8)12/h2-5,14,16H,1H3,(H2,13,15). The van der Waals surface area contributed by atoms with Gasteiger partial charge in [0.1, 0.15) is 11.4 Å². The Labute approximate surface area is 107 Å². The predicted molar refractivity (Wildman–Crippen MR) is 69.1 cm³/mol. The van der Waals surface area contributed by atoms with E-state index in [1.165, 1.54) is 18.1 Å². The zero-order valence-electron chi connectivity index (χ0n) is 10.0. The highest BCUT2D eigenvalue weighted by Gasteiger charge is 2.29. The average Bonchev–Trinajstić information content (AvgIpc) is 2.91. The number of nitrogens with two attached hydrogens (primary N) is 1. The first-order valence-electron chi connectivity index (χ1n) is 5.55. The molecule has 0 atom stereocenters. The van der Waals surface area contributed by atoms with Crippen molar-refractivity contribution >= 4 is 28.9 Å². The maximum atomic E-state index is 13.7. The molecule has 3 rings (SSSR count). The molecule has 0 fully saturated rings. The molecule has 0 aliphatic carbocycles. The first kappa shape index (κ1) is 11.3. The zero-order chi connectivity index (χ0) is 13.6. The maximum Gasteiger partial charge on any atom is 0.245 e. The Morgan fingerprint density at radius 2 is 2.11 bits per heavy atom. The fourth-order valence-electron chi connectivity index (χ4n) is 1.88. The molecule has 1 aliphatic heterocycles. The van der Waals surface area contributed by atoms with Crippen LogP contribution >= 0.6 is 0 Å². The Bertz CT molecular complexity index is 667. The fourth-order valence-corrected chi connectivity index (χ4v) is 1.88. The minimum atomic E-state index is -0.409. The summed E-state index contributed by atoms with van der Waals surface area (Å²) in [5, 5.41) is 5.23. The second-order valence-electron chi connectivity index (χ2n) is 4.05. The van der Waals surface area contributed by atoms with Gasteiger partial charge in [0.25, 0.3) is 0 Å². The van der Waals surface area contributed by atoms with E-state index in [0.717, 1.165) is 4.68 Å². The van der Waals surface area contributed by atoms with E-state index >= 15 is 0 Å². The quantitative estimate of drug-likeness (QED) is 0.720. The maximum absolute atomic E-state index is 13.7.